The molecule has 1 N–H and O–H groups in total. The van der Waals surface area contributed by atoms with Gasteiger partial charge in [-0.3, -0.25) is 0 Å². The summed E-state index contributed by atoms with van der Waals surface area (Å²) in [6.07, 6.45) is 1.09. The maximum atomic E-state index is 8.84. The Morgan fingerprint density at radius 3 is 2.38 bits per heavy atom. The molecular formula is C6H12O2. The molecule has 0 aliphatic carbocycles. The minimum absolute atomic E-state index is 0.722. The Kier molecular flexibility index (Phi) is 3.48. The summed E-state index contributed by atoms with van der Waals surface area (Å²) in [5, 5.41) is 8.84. The first kappa shape index (κ1) is 7.66. The topological polar surface area (TPSA) is 29.5 Å². The van der Waals surface area contributed by atoms with Crippen molar-refractivity contribution in [2.75, 3.05) is 7.11 Å². The van der Waals surface area contributed by atoms with Crippen molar-refractivity contribution in [1.82, 2.24) is 0 Å². The van der Waals surface area contributed by atoms with Crippen molar-refractivity contribution in [2.45, 2.75) is 20.1 Å². The molecule has 2 nitrogen and oxygen atoms in total. The lowest BCUT2D eigenvalue weighted by molar-refractivity contribution is -0.0445. The van der Waals surface area contributed by atoms with E-state index in [0.29, 0.717) is 0 Å². The fraction of sp³-hybridized carbons (Fsp3) is 0.667. The monoisotopic (exact) mass is 116 g/mol. The van der Waals surface area contributed by atoms with E-state index in [-0.39, 0.29) is 0 Å². The number of ether oxygens (including phenoxy) is 1. The molecule has 0 fully saturated rings. The Morgan fingerprint density at radius 1 is 1.75 bits per heavy atom. The van der Waals surface area contributed by atoms with E-state index in [1.807, 2.05) is 19.9 Å². The van der Waals surface area contributed by atoms with Gasteiger partial charge in [0.15, 0.2) is 6.29 Å². The maximum Gasteiger partial charge on any atom is 0.176 e. The number of methoxy groups -OCH3 is 1. The number of aliphatic hydroxyl groups excluding tert-OH is 1. The van der Waals surface area contributed by atoms with Crippen LogP contribution in [0, 0.1) is 0 Å². The predicted molar refractivity (Wildman–Crippen MR) is 32.4 cm³/mol. The van der Waals surface area contributed by atoms with Gasteiger partial charge in [0.1, 0.15) is 0 Å². The van der Waals surface area contributed by atoms with E-state index in [1.54, 1.807) is 0 Å². The fourth-order valence-electron chi connectivity index (χ4n) is 0.328. The summed E-state index contributed by atoms with van der Waals surface area (Å²) in [6.45, 7) is 3.67. The van der Waals surface area contributed by atoms with Gasteiger partial charge in [0.25, 0.3) is 0 Å². The first-order valence-corrected chi connectivity index (χ1v) is 2.56. The van der Waals surface area contributed by atoms with E-state index in [4.69, 9.17) is 5.11 Å². The molecule has 0 saturated heterocycles. The zero-order valence-corrected chi connectivity index (χ0v) is 5.51. The predicted octanol–water partition coefficient (Wildman–Crippen LogP) is 0.917. The van der Waals surface area contributed by atoms with Crippen LogP contribution in [0.4, 0.5) is 0 Å². The zero-order chi connectivity index (χ0) is 6.57. The highest BCUT2D eigenvalue weighted by atomic mass is 16.6. The molecule has 0 bridgehead atoms. The van der Waals surface area contributed by atoms with Crippen molar-refractivity contribution in [3.8, 4) is 0 Å². The van der Waals surface area contributed by atoms with Crippen LogP contribution in [-0.4, -0.2) is 18.5 Å². The van der Waals surface area contributed by atoms with E-state index >= 15 is 0 Å². The lowest BCUT2D eigenvalue weighted by Crippen LogP contribution is -2.09. The van der Waals surface area contributed by atoms with Crippen molar-refractivity contribution in [3.63, 3.8) is 0 Å². The molecule has 0 aromatic carbocycles. The smallest absolute Gasteiger partial charge is 0.176 e. The highest BCUT2D eigenvalue weighted by molar-refractivity contribution is 4.98. The Labute approximate surface area is 49.8 Å². The van der Waals surface area contributed by atoms with Crippen molar-refractivity contribution < 1.29 is 9.84 Å². The van der Waals surface area contributed by atoms with Crippen LogP contribution < -0.4 is 0 Å². The van der Waals surface area contributed by atoms with Crippen LogP contribution in [0.15, 0.2) is 11.6 Å². The van der Waals surface area contributed by atoms with Gasteiger partial charge in [-0.1, -0.05) is 6.08 Å². The molecule has 0 aliphatic heterocycles. The molecule has 0 aliphatic rings. The second-order valence-electron chi connectivity index (χ2n) is 1.62. The Bertz CT molecular complexity index is 86.5. The largest absolute Gasteiger partial charge is 0.364 e. The first-order chi connectivity index (χ1) is 3.72. The first-order valence-electron chi connectivity index (χ1n) is 2.56. The van der Waals surface area contributed by atoms with E-state index in [0.717, 1.165) is 5.57 Å². The van der Waals surface area contributed by atoms with Crippen LogP contribution in [0.5, 0.6) is 0 Å². The lowest BCUT2D eigenvalue weighted by Gasteiger charge is -2.06. The molecule has 1 atom stereocenters. The van der Waals surface area contributed by atoms with E-state index < -0.39 is 6.29 Å². The van der Waals surface area contributed by atoms with Crippen LogP contribution in [0.25, 0.3) is 0 Å². The van der Waals surface area contributed by atoms with Gasteiger partial charge in [0, 0.05) is 7.11 Å². The average molecular weight is 116 g/mol. The molecule has 2 heteroatoms. The summed E-state index contributed by atoms with van der Waals surface area (Å²) in [7, 11) is 1.47. The van der Waals surface area contributed by atoms with Crippen molar-refractivity contribution in [3.05, 3.63) is 11.6 Å². The second kappa shape index (κ2) is 3.64. The molecule has 0 saturated carbocycles. The number of hydrogen-bond donors (Lipinski definition) is 1. The SMILES string of the molecule is CC=C(C)C(O)OC. The third-order valence-electron chi connectivity index (χ3n) is 1.07. The molecule has 0 aromatic heterocycles. The summed E-state index contributed by atoms with van der Waals surface area (Å²) < 4.78 is 4.59. The van der Waals surface area contributed by atoms with Gasteiger partial charge in [-0.2, -0.15) is 0 Å². The van der Waals surface area contributed by atoms with Crippen LogP contribution in [0.1, 0.15) is 13.8 Å². The summed E-state index contributed by atoms with van der Waals surface area (Å²) in [4.78, 5) is 0. The normalized spacial score (nSPS) is 16.2. The molecule has 0 amide bonds. The summed E-state index contributed by atoms with van der Waals surface area (Å²) >= 11 is 0. The van der Waals surface area contributed by atoms with Gasteiger partial charge in [-0.05, 0) is 19.4 Å². The van der Waals surface area contributed by atoms with Crippen molar-refractivity contribution in [1.29, 1.82) is 0 Å². The van der Waals surface area contributed by atoms with Gasteiger partial charge >= 0.3 is 0 Å². The van der Waals surface area contributed by atoms with Crippen LogP contribution in [0.2, 0.25) is 0 Å². The van der Waals surface area contributed by atoms with Crippen molar-refractivity contribution in [2.24, 2.45) is 0 Å². The van der Waals surface area contributed by atoms with Gasteiger partial charge in [-0.15, -0.1) is 0 Å². The third-order valence-corrected chi connectivity index (χ3v) is 1.07. The molecule has 8 heavy (non-hydrogen) atoms. The highest BCUT2D eigenvalue weighted by Crippen LogP contribution is 1.99. The van der Waals surface area contributed by atoms with E-state index in [2.05, 4.69) is 4.74 Å². The van der Waals surface area contributed by atoms with Crippen LogP contribution in [0.3, 0.4) is 0 Å². The Hall–Kier alpha value is -0.340. The van der Waals surface area contributed by atoms with Gasteiger partial charge in [0.2, 0.25) is 0 Å². The average Bonchev–Trinajstić information content (AvgIpc) is 1.84. The maximum absolute atomic E-state index is 8.84. The van der Waals surface area contributed by atoms with Gasteiger partial charge < -0.3 is 9.84 Å². The number of hydrogen-bond acceptors (Lipinski definition) is 2. The zero-order valence-electron chi connectivity index (χ0n) is 5.51. The molecule has 0 heterocycles. The van der Waals surface area contributed by atoms with Crippen LogP contribution in [-0.2, 0) is 4.74 Å². The summed E-state index contributed by atoms with van der Waals surface area (Å²) in [5.41, 5.74) is 0.840. The number of aliphatic hydroxyl groups is 1. The molecule has 48 valence electrons. The molecule has 0 radical (unpaired) electrons. The number of rotatable bonds is 2. The molecule has 0 rings (SSSR count). The van der Waals surface area contributed by atoms with Gasteiger partial charge in [0.05, 0.1) is 0 Å². The Morgan fingerprint density at radius 2 is 2.25 bits per heavy atom. The standard InChI is InChI=1S/C6H12O2/c1-4-5(2)6(7)8-3/h4,6-7H,1-3H3. The minimum atomic E-state index is -0.722. The third kappa shape index (κ3) is 2.09. The second-order valence-corrected chi connectivity index (χ2v) is 1.62. The molecule has 0 spiro atoms. The highest BCUT2D eigenvalue weighted by Gasteiger charge is 1.99. The lowest BCUT2D eigenvalue weighted by atomic mass is 10.3. The summed E-state index contributed by atoms with van der Waals surface area (Å²) in [6, 6.07) is 0. The van der Waals surface area contributed by atoms with Gasteiger partial charge in [-0.25, -0.2) is 0 Å². The fourth-order valence-corrected chi connectivity index (χ4v) is 0.328. The molecule has 0 aromatic rings. The quantitative estimate of drug-likeness (QED) is 0.429. The molecule has 1 unspecified atom stereocenters. The minimum Gasteiger partial charge on any atom is -0.364 e. The van der Waals surface area contributed by atoms with Crippen LogP contribution >= 0.6 is 0 Å². The summed E-state index contributed by atoms with van der Waals surface area (Å²) in [5.74, 6) is 0. The van der Waals surface area contributed by atoms with E-state index in [9.17, 15) is 0 Å². The van der Waals surface area contributed by atoms with E-state index in [1.165, 1.54) is 7.11 Å². The number of allylic oxidation sites excluding steroid dienone is 1. The molecular weight excluding hydrogens is 104 g/mol. The van der Waals surface area contributed by atoms with Crippen molar-refractivity contribution >= 4 is 0 Å². The Balaban J connectivity index is 3.63.